The minimum absolute atomic E-state index is 0.292. The molecule has 0 aromatic carbocycles. The van der Waals surface area contributed by atoms with Gasteiger partial charge in [0.1, 0.15) is 0 Å². The van der Waals surface area contributed by atoms with E-state index in [1.807, 2.05) is 24.3 Å². The maximum atomic E-state index is 12.7. The molecule has 1 aliphatic rings. The fourth-order valence-electron chi connectivity index (χ4n) is 3.91. The number of phosphoric acid groups is 1. The fraction of sp³-hybridized carbons (Fsp3) is 0.917. The molecule has 0 aromatic heterocycles. The largest absolute Gasteiger partial charge is 0.478 e. The van der Waals surface area contributed by atoms with E-state index in [9.17, 15) is 4.57 Å². The molecular weight excluding hydrogens is 411 g/mol. The van der Waals surface area contributed by atoms with Gasteiger partial charge in [-0.2, -0.15) is 0 Å². The Kier molecular flexibility index (Phi) is 16.5. The standard InChI is InChI=1S/C24H49N2O4P/c1-5-8-9-10-11-12-13-14-15-16-17-18-19-20-21-26-23-22-25(4)24(26)30-31(27,28-6-2)29-7-3/h22-24H,5-21H2,1-4H3. The van der Waals surface area contributed by atoms with Crippen LogP contribution in [0.25, 0.3) is 0 Å². The number of rotatable bonds is 21. The maximum absolute atomic E-state index is 12.7. The predicted octanol–water partition coefficient (Wildman–Crippen LogP) is 7.67. The zero-order valence-electron chi connectivity index (χ0n) is 20.7. The molecule has 1 atom stereocenters. The van der Waals surface area contributed by atoms with Crippen molar-refractivity contribution in [1.82, 2.24) is 9.80 Å². The number of unbranched alkanes of at least 4 members (excludes halogenated alkanes) is 13. The summed E-state index contributed by atoms with van der Waals surface area (Å²) in [6, 6.07) is 0. The molecule has 1 aliphatic heterocycles. The zero-order valence-corrected chi connectivity index (χ0v) is 21.6. The second kappa shape index (κ2) is 17.9. The zero-order chi connectivity index (χ0) is 22.8. The second-order valence-corrected chi connectivity index (χ2v) is 10.1. The first-order valence-corrected chi connectivity index (χ1v) is 14.3. The summed E-state index contributed by atoms with van der Waals surface area (Å²) in [6.45, 7) is 7.32. The Morgan fingerprint density at radius 3 is 1.61 bits per heavy atom. The van der Waals surface area contributed by atoms with Crippen LogP contribution in [-0.2, 0) is 18.1 Å². The Balaban J connectivity index is 2.09. The van der Waals surface area contributed by atoms with Gasteiger partial charge in [-0.25, -0.2) is 9.09 Å². The van der Waals surface area contributed by atoms with Gasteiger partial charge in [0.15, 0.2) is 0 Å². The number of hydrogen-bond acceptors (Lipinski definition) is 6. The Hall–Kier alpha value is -0.550. The summed E-state index contributed by atoms with van der Waals surface area (Å²) in [5, 5.41) is 0. The quantitative estimate of drug-likeness (QED) is 0.129. The third kappa shape index (κ3) is 12.9. The highest BCUT2D eigenvalue weighted by molar-refractivity contribution is 7.48. The lowest BCUT2D eigenvalue weighted by molar-refractivity contribution is -0.0448. The number of nitrogens with zero attached hydrogens (tertiary/aromatic N) is 2. The van der Waals surface area contributed by atoms with Crippen molar-refractivity contribution in [3.63, 3.8) is 0 Å². The van der Waals surface area contributed by atoms with Crippen LogP contribution in [0.15, 0.2) is 12.4 Å². The third-order valence-electron chi connectivity index (χ3n) is 5.69. The minimum Gasteiger partial charge on any atom is -0.337 e. The van der Waals surface area contributed by atoms with Crippen LogP contribution >= 0.6 is 7.82 Å². The van der Waals surface area contributed by atoms with E-state index in [-0.39, 0.29) is 0 Å². The molecule has 1 unspecified atom stereocenters. The molecule has 1 heterocycles. The van der Waals surface area contributed by atoms with Crippen LogP contribution in [-0.4, -0.2) is 43.0 Å². The van der Waals surface area contributed by atoms with Crippen molar-refractivity contribution in [3.8, 4) is 0 Å². The fourth-order valence-corrected chi connectivity index (χ4v) is 5.24. The van der Waals surface area contributed by atoms with Gasteiger partial charge < -0.3 is 9.80 Å². The third-order valence-corrected chi connectivity index (χ3v) is 7.29. The molecule has 0 fully saturated rings. The normalized spacial score (nSPS) is 16.6. The van der Waals surface area contributed by atoms with E-state index >= 15 is 0 Å². The first-order chi connectivity index (χ1) is 15.1. The van der Waals surface area contributed by atoms with Gasteiger partial charge in [0.2, 0.25) is 6.35 Å². The van der Waals surface area contributed by atoms with Crippen molar-refractivity contribution in [2.45, 2.75) is 117 Å². The highest BCUT2D eigenvalue weighted by Gasteiger charge is 2.35. The minimum atomic E-state index is -3.54. The molecule has 0 aromatic rings. The monoisotopic (exact) mass is 460 g/mol. The van der Waals surface area contributed by atoms with E-state index in [0.29, 0.717) is 13.2 Å². The smallest absolute Gasteiger partial charge is 0.337 e. The topological polar surface area (TPSA) is 51.2 Å². The molecule has 31 heavy (non-hydrogen) atoms. The molecule has 0 radical (unpaired) electrons. The molecule has 0 aliphatic carbocycles. The Morgan fingerprint density at radius 1 is 0.710 bits per heavy atom. The second-order valence-electron chi connectivity index (χ2n) is 8.51. The van der Waals surface area contributed by atoms with Crippen molar-refractivity contribution in [2.24, 2.45) is 0 Å². The molecule has 0 bridgehead atoms. The van der Waals surface area contributed by atoms with Crippen molar-refractivity contribution in [3.05, 3.63) is 12.4 Å². The van der Waals surface area contributed by atoms with Crippen LogP contribution < -0.4 is 0 Å². The van der Waals surface area contributed by atoms with E-state index in [0.717, 1.165) is 13.0 Å². The molecule has 6 nitrogen and oxygen atoms in total. The SMILES string of the molecule is CCCCCCCCCCCCCCCCN1C=CN(C)C1OP(=O)(OCC)OCC. The van der Waals surface area contributed by atoms with Crippen LogP contribution in [0.3, 0.4) is 0 Å². The average molecular weight is 461 g/mol. The van der Waals surface area contributed by atoms with Crippen molar-refractivity contribution < 1.29 is 18.1 Å². The average Bonchev–Trinajstić information content (AvgIpc) is 3.07. The summed E-state index contributed by atoms with van der Waals surface area (Å²) >= 11 is 0. The van der Waals surface area contributed by atoms with Gasteiger partial charge in [-0.05, 0) is 20.3 Å². The van der Waals surface area contributed by atoms with E-state index in [4.69, 9.17) is 13.6 Å². The van der Waals surface area contributed by atoms with Crippen LogP contribution in [0.5, 0.6) is 0 Å². The van der Waals surface area contributed by atoms with Gasteiger partial charge in [0.05, 0.1) is 13.2 Å². The van der Waals surface area contributed by atoms with Crippen molar-refractivity contribution in [1.29, 1.82) is 0 Å². The molecule has 1 rings (SSSR count). The molecule has 184 valence electrons. The van der Waals surface area contributed by atoms with Gasteiger partial charge in [-0.15, -0.1) is 0 Å². The van der Waals surface area contributed by atoms with Crippen molar-refractivity contribution >= 4 is 7.82 Å². The Morgan fingerprint density at radius 2 is 1.16 bits per heavy atom. The number of hydrogen-bond donors (Lipinski definition) is 0. The molecule has 0 saturated heterocycles. The summed E-state index contributed by atoms with van der Waals surface area (Å²) in [7, 11) is -1.63. The predicted molar refractivity (Wildman–Crippen MR) is 130 cm³/mol. The summed E-state index contributed by atoms with van der Waals surface area (Å²) in [6.07, 6.45) is 22.4. The van der Waals surface area contributed by atoms with Crippen molar-refractivity contribution in [2.75, 3.05) is 26.8 Å². The van der Waals surface area contributed by atoms with Crippen LogP contribution in [0.1, 0.15) is 111 Å². The lowest BCUT2D eigenvalue weighted by Gasteiger charge is -2.32. The first kappa shape index (κ1) is 28.5. The van der Waals surface area contributed by atoms with Crippen LogP contribution in [0, 0.1) is 0 Å². The summed E-state index contributed by atoms with van der Waals surface area (Å²) in [5.41, 5.74) is 0. The van der Waals surface area contributed by atoms with Gasteiger partial charge in [0, 0.05) is 26.0 Å². The molecule has 7 heteroatoms. The van der Waals surface area contributed by atoms with Gasteiger partial charge in [-0.3, -0.25) is 9.05 Å². The van der Waals surface area contributed by atoms with Gasteiger partial charge >= 0.3 is 7.82 Å². The summed E-state index contributed by atoms with van der Waals surface area (Å²) in [5.74, 6) is 0. The highest BCUT2D eigenvalue weighted by atomic mass is 31.2. The Labute approximate surface area is 192 Å². The number of phosphoric ester groups is 1. The first-order valence-electron chi connectivity index (χ1n) is 12.8. The lowest BCUT2D eigenvalue weighted by atomic mass is 10.0. The molecule has 0 N–H and O–H groups in total. The maximum Gasteiger partial charge on any atom is 0.478 e. The van der Waals surface area contributed by atoms with E-state index in [1.165, 1.54) is 83.5 Å². The van der Waals surface area contributed by atoms with Crippen LogP contribution in [0.4, 0.5) is 0 Å². The summed E-state index contributed by atoms with van der Waals surface area (Å²) < 4.78 is 29.1. The van der Waals surface area contributed by atoms with E-state index in [2.05, 4.69) is 11.8 Å². The molecular formula is C24H49N2O4P. The van der Waals surface area contributed by atoms with E-state index in [1.54, 1.807) is 13.8 Å². The van der Waals surface area contributed by atoms with E-state index < -0.39 is 14.2 Å². The molecule has 0 spiro atoms. The highest BCUT2D eigenvalue weighted by Crippen LogP contribution is 2.51. The van der Waals surface area contributed by atoms with Gasteiger partial charge in [0.25, 0.3) is 0 Å². The van der Waals surface area contributed by atoms with Crippen LogP contribution in [0.2, 0.25) is 0 Å². The molecule has 0 amide bonds. The summed E-state index contributed by atoms with van der Waals surface area (Å²) in [4.78, 5) is 3.97. The lowest BCUT2D eigenvalue weighted by Crippen LogP contribution is -2.39. The molecule has 0 saturated carbocycles. The van der Waals surface area contributed by atoms with Gasteiger partial charge in [-0.1, -0.05) is 90.4 Å². The Bertz CT molecular complexity index is 494.